The van der Waals surface area contributed by atoms with Gasteiger partial charge in [-0.25, -0.2) is 8.42 Å². The van der Waals surface area contributed by atoms with Crippen molar-refractivity contribution in [1.29, 1.82) is 0 Å². The third-order valence-electron chi connectivity index (χ3n) is 5.43. The molecule has 0 spiro atoms. The Hall–Kier alpha value is -2.03. The molecular weight excluding hydrogens is 430 g/mol. The number of nitrogens with zero attached hydrogens (tertiary/aromatic N) is 2. The fourth-order valence-corrected chi connectivity index (χ4v) is 6.13. The summed E-state index contributed by atoms with van der Waals surface area (Å²) in [6, 6.07) is 13.1. The molecule has 1 aliphatic heterocycles. The summed E-state index contributed by atoms with van der Waals surface area (Å²) in [5.41, 5.74) is 2.79. The van der Waals surface area contributed by atoms with E-state index in [0.717, 1.165) is 22.0 Å². The Labute approximate surface area is 190 Å². The lowest BCUT2D eigenvalue weighted by Gasteiger charge is -2.31. The van der Waals surface area contributed by atoms with Gasteiger partial charge in [-0.3, -0.25) is 4.79 Å². The van der Waals surface area contributed by atoms with Crippen LogP contribution in [0.4, 0.5) is 11.4 Å². The van der Waals surface area contributed by atoms with Crippen LogP contribution in [0.1, 0.15) is 39.2 Å². The molecule has 0 aliphatic carbocycles. The maximum absolute atomic E-state index is 12.9. The largest absolute Gasteiger partial charge is 0.360 e. The van der Waals surface area contributed by atoms with Crippen LogP contribution >= 0.6 is 11.8 Å². The maximum Gasteiger partial charge on any atom is 0.243 e. The van der Waals surface area contributed by atoms with Crippen LogP contribution in [-0.4, -0.2) is 50.6 Å². The molecular formula is C23H31N3O3S2. The molecule has 31 heavy (non-hydrogen) atoms. The van der Waals surface area contributed by atoms with Gasteiger partial charge in [0.15, 0.2) is 0 Å². The zero-order chi connectivity index (χ0) is 22.6. The first-order valence-corrected chi connectivity index (χ1v) is 13.1. The van der Waals surface area contributed by atoms with Gasteiger partial charge in [-0.05, 0) is 41.8 Å². The SMILES string of the molecule is CCN(CC)S(=O)(=O)c1ccc2c(c1)N(CC(=O)Nc1ccc(C(C)C)cc1)CCS2. The van der Waals surface area contributed by atoms with Crippen LogP contribution in [0.2, 0.25) is 0 Å². The van der Waals surface area contributed by atoms with E-state index < -0.39 is 10.0 Å². The van der Waals surface area contributed by atoms with Gasteiger partial charge in [0.2, 0.25) is 15.9 Å². The summed E-state index contributed by atoms with van der Waals surface area (Å²) < 4.78 is 27.3. The van der Waals surface area contributed by atoms with E-state index in [1.807, 2.05) is 49.1 Å². The smallest absolute Gasteiger partial charge is 0.243 e. The average molecular weight is 462 g/mol. The molecule has 6 nitrogen and oxygen atoms in total. The number of carbonyl (C=O) groups is 1. The fourth-order valence-electron chi connectivity index (χ4n) is 3.62. The molecule has 0 atom stereocenters. The first-order chi connectivity index (χ1) is 14.8. The monoisotopic (exact) mass is 461 g/mol. The van der Waals surface area contributed by atoms with Gasteiger partial charge in [-0.15, -0.1) is 11.8 Å². The van der Waals surface area contributed by atoms with Gasteiger partial charge in [0.05, 0.1) is 17.1 Å². The summed E-state index contributed by atoms with van der Waals surface area (Å²) >= 11 is 1.69. The van der Waals surface area contributed by atoms with Gasteiger partial charge < -0.3 is 10.2 Å². The minimum atomic E-state index is -3.55. The van der Waals surface area contributed by atoms with Gasteiger partial charge in [-0.2, -0.15) is 4.31 Å². The topological polar surface area (TPSA) is 69.7 Å². The van der Waals surface area contributed by atoms with Crippen molar-refractivity contribution in [2.24, 2.45) is 0 Å². The van der Waals surface area contributed by atoms with E-state index in [4.69, 9.17) is 0 Å². The van der Waals surface area contributed by atoms with Crippen molar-refractivity contribution < 1.29 is 13.2 Å². The quantitative estimate of drug-likeness (QED) is 0.631. The van der Waals surface area contributed by atoms with Crippen LogP contribution in [0.25, 0.3) is 0 Å². The number of fused-ring (bicyclic) bond motifs is 1. The number of thioether (sulfide) groups is 1. The third-order valence-corrected chi connectivity index (χ3v) is 8.52. The number of anilines is 2. The number of rotatable bonds is 8. The highest BCUT2D eigenvalue weighted by Gasteiger charge is 2.26. The van der Waals surface area contributed by atoms with E-state index in [1.165, 1.54) is 9.87 Å². The zero-order valence-electron chi connectivity index (χ0n) is 18.6. The number of hydrogen-bond acceptors (Lipinski definition) is 5. The second-order valence-corrected chi connectivity index (χ2v) is 10.9. The van der Waals surface area contributed by atoms with Crippen LogP contribution < -0.4 is 10.2 Å². The van der Waals surface area contributed by atoms with Crippen molar-refractivity contribution in [2.75, 3.05) is 42.1 Å². The summed E-state index contributed by atoms with van der Waals surface area (Å²) in [7, 11) is -3.55. The normalized spacial score (nSPS) is 14.1. The van der Waals surface area contributed by atoms with Crippen LogP contribution in [0, 0.1) is 0 Å². The molecule has 0 bridgehead atoms. The Bertz CT molecular complexity index is 1020. The molecule has 1 heterocycles. The van der Waals surface area contributed by atoms with Crippen LogP contribution in [0.3, 0.4) is 0 Å². The van der Waals surface area contributed by atoms with E-state index >= 15 is 0 Å². The Morgan fingerprint density at radius 3 is 2.42 bits per heavy atom. The lowest BCUT2D eigenvalue weighted by atomic mass is 10.0. The molecule has 0 saturated carbocycles. The van der Waals surface area contributed by atoms with Gasteiger partial charge in [0.25, 0.3) is 0 Å². The van der Waals surface area contributed by atoms with Gasteiger partial charge in [0, 0.05) is 36.0 Å². The molecule has 0 saturated heterocycles. The van der Waals surface area contributed by atoms with Gasteiger partial charge in [-0.1, -0.05) is 39.8 Å². The number of nitrogens with one attached hydrogen (secondary N) is 1. The number of hydrogen-bond donors (Lipinski definition) is 1. The Kier molecular flexibility index (Phi) is 7.67. The maximum atomic E-state index is 12.9. The van der Waals surface area contributed by atoms with Crippen molar-refractivity contribution >= 4 is 39.1 Å². The van der Waals surface area contributed by atoms with E-state index in [9.17, 15) is 13.2 Å². The van der Waals surface area contributed by atoms with Crippen LogP contribution in [0.15, 0.2) is 52.3 Å². The standard InChI is InChI=1S/C23H31N3O3S2/c1-5-26(6-2)31(28,29)20-11-12-22-21(15-20)25(13-14-30-22)16-23(27)24-19-9-7-18(8-10-19)17(3)4/h7-12,15,17H,5-6,13-14,16H2,1-4H3,(H,24,27). The van der Waals surface area contributed by atoms with Gasteiger partial charge in [0.1, 0.15) is 0 Å². The zero-order valence-corrected chi connectivity index (χ0v) is 20.2. The number of carbonyl (C=O) groups excluding carboxylic acids is 1. The van der Waals surface area contributed by atoms with Crippen LogP contribution in [-0.2, 0) is 14.8 Å². The van der Waals surface area contributed by atoms with Crippen molar-refractivity contribution in [2.45, 2.75) is 43.4 Å². The van der Waals surface area contributed by atoms with E-state index in [0.29, 0.717) is 25.6 Å². The summed E-state index contributed by atoms with van der Waals surface area (Å²) in [6.07, 6.45) is 0. The summed E-state index contributed by atoms with van der Waals surface area (Å²) in [5, 5.41) is 2.95. The van der Waals surface area contributed by atoms with Crippen molar-refractivity contribution in [1.82, 2.24) is 4.31 Å². The molecule has 3 rings (SSSR count). The third kappa shape index (κ3) is 5.42. The lowest BCUT2D eigenvalue weighted by molar-refractivity contribution is -0.115. The highest BCUT2D eigenvalue weighted by molar-refractivity contribution is 7.99. The predicted molar refractivity (Wildman–Crippen MR) is 129 cm³/mol. The molecule has 1 N–H and O–H groups in total. The Morgan fingerprint density at radius 1 is 1.13 bits per heavy atom. The molecule has 1 amide bonds. The van der Waals surface area contributed by atoms with E-state index in [2.05, 4.69) is 19.2 Å². The molecule has 2 aromatic carbocycles. The molecule has 0 unspecified atom stereocenters. The second kappa shape index (κ2) is 10.1. The molecule has 0 radical (unpaired) electrons. The second-order valence-electron chi connectivity index (χ2n) is 7.81. The predicted octanol–water partition coefficient (Wildman–Crippen LogP) is 4.39. The minimum absolute atomic E-state index is 0.118. The first kappa shape index (κ1) is 23.6. The molecule has 2 aromatic rings. The van der Waals surface area contributed by atoms with E-state index in [-0.39, 0.29) is 17.3 Å². The van der Waals surface area contributed by atoms with Crippen LogP contribution in [0.5, 0.6) is 0 Å². The highest BCUT2D eigenvalue weighted by Crippen LogP contribution is 2.36. The molecule has 8 heteroatoms. The van der Waals surface area contributed by atoms with Crippen molar-refractivity contribution in [3.63, 3.8) is 0 Å². The fraction of sp³-hybridized carbons (Fsp3) is 0.435. The molecule has 0 fully saturated rings. The summed E-state index contributed by atoms with van der Waals surface area (Å²) in [5.74, 6) is 1.17. The Balaban J connectivity index is 1.78. The summed E-state index contributed by atoms with van der Waals surface area (Å²) in [6.45, 7) is 9.64. The average Bonchev–Trinajstić information content (AvgIpc) is 2.74. The molecule has 0 aromatic heterocycles. The van der Waals surface area contributed by atoms with Crippen molar-refractivity contribution in [3.05, 3.63) is 48.0 Å². The van der Waals surface area contributed by atoms with E-state index in [1.54, 1.807) is 23.9 Å². The minimum Gasteiger partial charge on any atom is -0.360 e. The number of sulfonamides is 1. The lowest BCUT2D eigenvalue weighted by Crippen LogP contribution is -2.37. The molecule has 168 valence electrons. The van der Waals surface area contributed by atoms with Gasteiger partial charge >= 0.3 is 0 Å². The molecule has 1 aliphatic rings. The Morgan fingerprint density at radius 2 is 1.81 bits per heavy atom. The first-order valence-electron chi connectivity index (χ1n) is 10.7. The number of benzene rings is 2. The summed E-state index contributed by atoms with van der Waals surface area (Å²) in [4.78, 5) is 15.9. The highest BCUT2D eigenvalue weighted by atomic mass is 32.2. The number of amides is 1. The van der Waals surface area contributed by atoms with Crippen molar-refractivity contribution in [3.8, 4) is 0 Å².